The van der Waals surface area contributed by atoms with E-state index in [9.17, 15) is 24.6 Å². The first-order valence-corrected chi connectivity index (χ1v) is 16.4. The third-order valence-corrected chi connectivity index (χ3v) is 10.5. The maximum absolute atomic E-state index is 13.9. The summed E-state index contributed by atoms with van der Waals surface area (Å²) in [6.45, 7) is 2.50. The van der Waals surface area contributed by atoms with Crippen LogP contribution >= 0.6 is 22.6 Å². The number of aliphatic hydroxyl groups is 2. The monoisotopic (exact) mass is 710 g/mol. The molecule has 3 atom stereocenters. The fourth-order valence-corrected chi connectivity index (χ4v) is 9.10. The van der Waals surface area contributed by atoms with Crippen molar-refractivity contribution in [3.63, 3.8) is 0 Å². The quantitative estimate of drug-likeness (QED) is 0.210. The fraction of sp³-hybridized carbons (Fsp3) is 0.656. The molecule has 3 N–H and O–H groups in total. The second-order valence-electron chi connectivity index (χ2n) is 12.7. The number of hydrogen-bond acceptors (Lipinski definition) is 8. The maximum Gasteiger partial charge on any atom is 0.248 e. The molecule has 10 nitrogen and oxygen atoms in total. The first kappa shape index (κ1) is 32.2. The summed E-state index contributed by atoms with van der Waals surface area (Å²) in [7, 11) is 1.47. The summed E-state index contributed by atoms with van der Waals surface area (Å²) < 4.78 is 18.0. The molecule has 1 aromatic rings. The molecule has 236 valence electrons. The molecule has 4 bridgehead atoms. The molecule has 4 fully saturated rings. The van der Waals surface area contributed by atoms with Crippen LogP contribution in [0.4, 0.5) is 0 Å². The maximum atomic E-state index is 13.9. The van der Waals surface area contributed by atoms with Crippen molar-refractivity contribution in [3.8, 4) is 11.5 Å². The summed E-state index contributed by atoms with van der Waals surface area (Å²) >= 11 is 2.05. The highest BCUT2D eigenvalue weighted by Gasteiger charge is 2.53. The number of hydrogen-bond donors (Lipinski definition) is 3. The van der Waals surface area contributed by atoms with Crippen molar-refractivity contribution in [1.29, 1.82) is 0 Å². The van der Waals surface area contributed by atoms with Gasteiger partial charge in [0, 0.05) is 37.3 Å². The van der Waals surface area contributed by atoms with E-state index < -0.39 is 18.2 Å². The number of benzene rings is 1. The predicted octanol–water partition coefficient (Wildman–Crippen LogP) is 3.11. The molecule has 5 aliphatic carbocycles. The Labute approximate surface area is 266 Å². The molecule has 0 aliphatic heterocycles. The zero-order valence-electron chi connectivity index (χ0n) is 24.9. The van der Waals surface area contributed by atoms with Crippen LogP contribution in [0.3, 0.4) is 0 Å². The number of aldehydes is 1. The van der Waals surface area contributed by atoms with Crippen molar-refractivity contribution in [2.24, 2.45) is 23.2 Å². The van der Waals surface area contributed by atoms with E-state index in [-0.39, 0.29) is 43.4 Å². The summed E-state index contributed by atoms with van der Waals surface area (Å²) in [6, 6.07) is 2.48. The van der Waals surface area contributed by atoms with Gasteiger partial charge in [-0.15, -0.1) is 0 Å². The molecule has 4 saturated carbocycles. The lowest BCUT2D eigenvalue weighted by Gasteiger charge is -2.58. The van der Waals surface area contributed by atoms with E-state index in [0.717, 1.165) is 25.5 Å². The smallest absolute Gasteiger partial charge is 0.248 e. The summed E-state index contributed by atoms with van der Waals surface area (Å²) in [5.41, 5.74) is 0.779. The number of amides is 2. The standard InChI is InChI=1S/C32H43IN2O8/c1-3-42-17-28(38)35(18-32-13-19-6-20(14-32)8-21(7-19)15-32)25-11-23(31(40)34-4-5-36)12-26(29(25)39)43-30-24(33)9-22(16-37)10-27(30)41-2/h9-10,12,16,19-21,25-26,29,36,39H,3-8,11,13-15,17-18H2,1-2H3,(H,34,40). The van der Waals surface area contributed by atoms with Crippen molar-refractivity contribution in [2.45, 2.75) is 70.1 Å². The van der Waals surface area contributed by atoms with E-state index in [1.54, 1.807) is 23.1 Å². The lowest BCUT2D eigenvalue weighted by atomic mass is 9.49. The van der Waals surface area contributed by atoms with Gasteiger partial charge in [-0.05, 0) is 109 Å². The van der Waals surface area contributed by atoms with Gasteiger partial charge in [0.15, 0.2) is 11.5 Å². The predicted molar refractivity (Wildman–Crippen MR) is 167 cm³/mol. The first-order chi connectivity index (χ1) is 20.7. The minimum absolute atomic E-state index is 0.00354. The van der Waals surface area contributed by atoms with E-state index in [1.807, 2.05) is 29.5 Å². The van der Waals surface area contributed by atoms with Crippen molar-refractivity contribution in [1.82, 2.24) is 10.2 Å². The summed E-state index contributed by atoms with van der Waals surface area (Å²) in [6.07, 6.45) is 7.37. The van der Waals surface area contributed by atoms with Gasteiger partial charge in [-0.25, -0.2) is 0 Å². The average Bonchev–Trinajstić information content (AvgIpc) is 2.98. The van der Waals surface area contributed by atoms with E-state index in [4.69, 9.17) is 14.2 Å². The molecule has 0 radical (unpaired) electrons. The lowest BCUT2D eigenvalue weighted by Crippen LogP contribution is -2.60. The van der Waals surface area contributed by atoms with E-state index in [1.165, 1.54) is 26.4 Å². The normalized spacial score (nSPS) is 30.9. The van der Waals surface area contributed by atoms with Crippen LogP contribution in [-0.4, -0.2) is 91.5 Å². The van der Waals surface area contributed by atoms with Gasteiger partial charge in [-0.1, -0.05) is 0 Å². The van der Waals surface area contributed by atoms with Crippen molar-refractivity contribution >= 4 is 40.7 Å². The van der Waals surface area contributed by atoms with Crippen LogP contribution in [0, 0.1) is 26.7 Å². The third-order valence-electron chi connectivity index (χ3n) is 9.68. The summed E-state index contributed by atoms with van der Waals surface area (Å²) in [4.78, 5) is 40.3. The largest absolute Gasteiger partial charge is 0.493 e. The lowest BCUT2D eigenvalue weighted by molar-refractivity contribution is -0.151. The molecular weight excluding hydrogens is 667 g/mol. The molecule has 3 unspecified atom stereocenters. The van der Waals surface area contributed by atoms with Crippen LogP contribution in [0.5, 0.6) is 11.5 Å². The molecule has 1 aromatic carbocycles. The van der Waals surface area contributed by atoms with Crippen molar-refractivity contribution < 1.29 is 38.8 Å². The van der Waals surface area contributed by atoms with E-state index in [0.29, 0.717) is 57.1 Å². The first-order valence-electron chi connectivity index (χ1n) is 15.3. The topological polar surface area (TPSA) is 135 Å². The number of nitrogens with zero attached hydrogens (tertiary/aromatic N) is 1. The third kappa shape index (κ3) is 7.04. The highest BCUT2D eigenvalue weighted by atomic mass is 127. The second-order valence-corrected chi connectivity index (χ2v) is 13.9. The van der Waals surface area contributed by atoms with Gasteiger partial charge in [0.25, 0.3) is 0 Å². The average molecular weight is 711 g/mol. The highest BCUT2D eigenvalue weighted by molar-refractivity contribution is 14.1. The molecule has 0 spiro atoms. The number of carbonyl (C=O) groups excluding carboxylic acids is 3. The van der Waals surface area contributed by atoms with Crippen molar-refractivity contribution in [3.05, 3.63) is 32.9 Å². The van der Waals surface area contributed by atoms with Gasteiger partial charge < -0.3 is 34.6 Å². The van der Waals surface area contributed by atoms with Crippen LogP contribution in [0.15, 0.2) is 23.8 Å². The Morgan fingerprint density at radius 3 is 2.42 bits per heavy atom. The Hall–Kier alpha value is -2.22. The Morgan fingerprint density at radius 2 is 1.84 bits per heavy atom. The molecule has 43 heavy (non-hydrogen) atoms. The SMILES string of the molecule is CCOCC(=O)N(CC12CC3CC(CC(C3)C1)C2)C1CC(C(=O)NCCO)=CC(Oc2c(I)cc(C=O)cc2OC)C1O. The molecule has 0 heterocycles. The van der Waals surface area contributed by atoms with Crippen LogP contribution in [0.1, 0.15) is 62.2 Å². The van der Waals surface area contributed by atoms with Gasteiger partial charge in [0.05, 0.1) is 23.3 Å². The number of halogens is 1. The molecule has 6 rings (SSSR count). The Kier molecular flexibility index (Phi) is 10.3. The Morgan fingerprint density at radius 1 is 1.16 bits per heavy atom. The summed E-state index contributed by atoms with van der Waals surface area (Å²) in [5, 5.41) is 23.9. The van der Waals surface area contributed by atoms with Gasteiger partial charge in [-0.3, -0.25) is 14.4 Å². The van der Waals surface area contributed by atoms with Crippen LogP contribution < -0.4 is 14.8 Å². The van der Waals surface area contributed by atoms with Crippen LogP contribution in [0.25, 0.3) is 0 Å². The zero-order valence-corrected chi connectivity index (χ0v) is 27.1. The van der Waals surface area contributed by atoms with Gasteiger partial charge >= 0.3 is 0 Å². The molecule has 0 saturated heterocycles. The number of nitrogens with one attached hydrogen (secondary N) is 1. The molecule has 0 aromatic heterocycles. The minimum atomic E-state index is -1.15. The molecule has 2 amide bonds. The fourth-order valence-electron chi connectivity index (χ4n) is 8.35. The Balaban J connectivity index is 1.49. The van der Waals surface area contributed by atoms with Crippen LogP contribution in [0.2, 0.25) is 0 Å². The van der Waals surface area contributed by atoms with Gasteiger partial charge in [0.2, 0.25) is 11.8 Å². The molecule has 11 heteroatoms. The number of ether oxygens (including phenoxy) is 3. The summed E-state index contributed by atoms with van der Waals surface area (Å²) in [5.74, 6) is 2.12. The number of aliphatic hydroxyl groups excluding tert-OH is 2. The van der Waals surface area contributed by atoms with E-state index in [2.05, 4.69) is 5.32 Å². The second kappa shape index (κ2) is 13.8. The minimum Gasteiger partial charge on any atom is -0.493 e. The number of methoxy groups -OCH3 is 1. The molecule has 5 aliphatic rings. The van der Waals surface area contributed by atoms with Crippen LogP contribution in [-0.2, 0) is 14.3 Å². The zero-order chi connectivity index (χ0) is 30.7. The Bertz CT molecular complexity index is 1200. The van der Waals surface area contributed by atoms with Gasteiger partial charge in [-0.2, -0.15) is 0 Å². The highest BCUT2D eigenvalue weighted by Crippen LogP contribution is 2.60. The molecular formula is C32H43IN2O8. The van der Waals surface area contributed by atoms with Crippen molar-refractivity contribution in [2.75, 3.05) is 40.0 Å². The number of carbonyl (C=O) groups is 3. The van der Waals surface area contributed by atoms with E-state index >= 15 is 0 Å². The van der Waals surface area contributed by atoms with Gasteiger partial charge in [0.1, 0.15) is 25.1 Å². The number of rotatable bonds is 13.